The summed E-state index contributed by atoms with van der Waals surface area (Å²) in [5, 5.41) is 6.98. The van der Waals surface area contributed by atoms with Crippen LogP contribution in [0.3, 0.4) is 0 Å². The van der Waals surface area contributed by atoms with E-state index in [1.807, 2.05) is 14.0 Å². The van der Waals surface area contributed by atoms with E-state index < -0.39 is 0 Å². The molecular formula is C15H19ClN4O3. The van der Waals surface area contributed by atoms with Crippen LogP contribution >= 0.6 is 12.4 Å². The zero-order valence-corrected chi connectivity index (χ0v) is 13.8. The van der Waals surface area contributed by atoms with Crippen molar-refractivity contribution in [3.8, 4) is 11.5 Å². The number of aromatic nitrogens is 3. The van der Waals surface area contributed by atoms with Crippen molar-refractivity contribution in [3.63, 3.8) is 0 Å². The molecule has 1 unspecified atom stereocenters. The lowest BCUT2D eigenvalue weighted by molar-refractivity contribution is 0.0971. The maximum atomic E-state index is 12.2. The predicted molar refractivity (Wildman–Crippen MR) is 87.1 cm³/mol. The summed E-state index contributed by atoms with van der Waals surface area (Å²) in [7, 11) is 1.85. The summed E-state index contributed by atoms with van der Waals surface area (Å²) >= 11 is 0. The van der Waals surface area contributed by atoms with E-state index in [0.717, 1.165) is 6.42 Å². The topological polar surface area (TPSA) is 101 Å². The summed E-state index contributed by atoms with van der Waals surface area (Å²) in [5.41, 5.74) is 1.22. The maximum absolute atomic E-state index is 12.2. The smallest absolute Gasteiger partial charge is 0.263 e. The van der Waals surface area contributed by atoms with Gasteiger partial charge >= 0.3 is 0 Å². The minimum absolute atomic E-state index is 0. The van der Waals surface area contributed by atoms with Gasteiger partial charge < -0.3 is 14.8 Å². The second-order valence-electron chi connectivity index (χ2n) is 5.59. The van der Waals surface area contributed by atoms with Crippen LogP contribution in [0.1, 0.15) is 41.6 Å². The van der Waals surface area contributed by atoms with E-state index in [1.54, 1.807) is 6.07 Å². The maximum Gasteiger partial charge on any atom is 0.263 e. The van der Waals surface area contributed by atoms with Crippen LogP contribution in [0.25, 0.3) is 11.5 Å². The number of aromatic amines is 1. The number of fused-ring (bicyclic) bond motifs is 1. The minimum atomic E-state index is -0.301. The first-order chi connectivity index (χ1) is 10.6. The fraction of sp³-hybridized carbons (Fsp3) is 0.467. The second-order valence-corrected chi connectivity index (χ2v) is 5.59. The number of likely N-dealkylation sites (N-methyl/N-ethyl adjacent to an activating group) is 1. The summed E-state index contributed by atoms with van der Waals surface area (Å²) < 4.78 is 5.18. The Labute approximate surface area is 139 Å². The summed E-state index contributed by atoms with van der Waals surface area (Å²) in [4.78, 5) is 31.2. The van der Waals surface area contributed by atoms with Crippen LogP contribution < -0.4 is 10.9 Å². The van der Waals surface area contributed by atoms with Crippen LogP contribution in [0.2, 0.25) is 0 Å². The van der Waals surface area contributed by atoms with Crippen LogP contribution in [0, 0.1) is 0 Å². The van der Waals surface area contributed by atoms with E-state index in [9.17, 15) is 9.59 Å². The van der Waals surface area contributed by atoms with E-state index in [4.69, 9.17) is 4.52 Å². The molecule has 0 bridgehead atoms. The zero-order valence-electron chi connectivity index (χ0n) is 13.0. The lowest BCUT2D eigenvalue weighted by Gasteiger charge is -2.14. The first kappa shape index (κ1) is 17.4. The molecule has 7 nitrogen and oxygen atoms in total. The number of carbonyl (C=O) groups is 1. The lowest BCUT2D eigenvalue weighted by atomic mass is 9.94. The zero-order chi connectivity index (χ0) is 15.7. The van der Waals surface area contributed by atoms with Crippen molar-refractivity contribution in [1.82, 2.24) is 20.4 Å². The molecule has 3 rings (SSSR count). The van der Waals surface area contributed by atoms with Gasteiger partial charge in [0.25, 0.3) is 11.4 Å². The van der Waals surface area contributed by atoms with Gasteiger partial charge in [-0.25, -0.2) is 0 Å². The van der Waals surface area contributed by atoms with Crippen LogP contribution in [-0.4, -0.2) is 34.0 Å². The van der Waals surface area contributed by atoms with E-state index in [-0.39, 0.29) is 41.2 Å². The number of nitrogens with one attached hydrogen (secondary N) is 2. The third-order valence-corrected chi connectivity index (χ3v) is 3.93. The molecule has 0 spiro atoms. The van der Waals surface area contributed by atoms with Crippen LogP contribution in [0.15, 0.2) is 15.4 Å². The number of Topliss-reactive ketones (excluding diaryl/α,β-unsaturated/α-hetero) is 1. The molecule has 1 aliphatic rings. The SMILES string of the molecule is CNC(C)Cc1noc(-c2cc3c([nH]c2=O)CCCC3=O)n1.Cl. The van der Waals surface area contributed by atoms with Gasteiger partial charge in [-0.3, -0.25) is 9.59 Å². The highest BCUT2D eigenvalue weighted by atomic mass is 35.5. The van der Waals surface area contributed by atoms with Gasteiger partial charge in [-0.1, -0.05) is 5.16 Å². The normalized spacial score (nSPS) is 15.0. The molecule has 23 heavy (non-hydrogen) atoms. The van der Waals surface area contributed by atoms with Gasteiger partial charge in [0, 0.05) is 30.1 Å². The molecule has 0 amide bonds. The molecule has 124 valence electrons. The number of ketones is 1. The number of H-pyrrole nitrogens is 1. The number of rotatable bonds is 4. The summed E-state index contributed by atoms with van der Waals surface area (Å²) in [6.07, 6.45) is 2.59. The summed E-state index contributed by atoms with van der Waals surface area (Å²) in [6, 6.07) is 1.78. The fourth-order valence-electron chi connectivity index (χ4n) is 2.56. The van der Waals surface area contributed by atoms with E-state index in [1.165, 1.54) is 0 Å². The molecular weight excluding hydrogens is 320 g/mol. The molecule has 0 saturated carbocycles. The van der Waals surface area contributed by atoms with Gasteiger partial charge in [-0.15, -0.1) is 12.4 Å². The van der Waals surface area contributed by atoms with Crippen LogP contribution in [0.5, 0.6) is 0 Å². The molecule has 0 fully saturated rings. The van der Waals surface area contributed by atoms with Crippen molar-refractivity contribution in [2.45, 2.75) is 38.6 Å². The molecule has 1 aliphatic carbocycles. The van der Waals surface area contributed by atoms with Gasteiger partial charge in [0.1, 0.15) is 5.56 Å². The van der Waals surface area contributed by atoms with Crippen molar-refractivity contribution in [1.29, 1.82) is 0 Å². The Bertz CT molecular complexity index is 768. The number of aryl methyl sites for hydroxylation is 1. The molecule has 2 aromatic rings. The van der Waals surface area contributed by atoms with E-state index in [0.29, 0.717) is 36.3 Å². The van der Waals surface area contributed by atoms with Gasteiger partial charge in [-0.05, 0) is 32.9 Å². The molecule has 0 aliphatic heterocycles. The van der Waals surface area contributed by atoms with Gasteiger partial charge in [0.2, 0.25) is 0 Å². The average molecular weight is 339 g/mol. The van der Waals surface area contributed by atoms with Crippen molar-refractivity contribution >= 4 is 18.2 Å². The lowest BCUT2D eigenvalue weighted by Crippen LogP contribution is -2.24. The summed E-state index contributed by atoms with van der Waals surface area (Å²) in [5.74, 6) is 0.725. The highest BCUT2D eigenvalue weighted by Gasteiger charge is 2.22. The van der Waals surface area contributed by atoms with Gasteiger partial charge in [0.15, 0.2) is 11.6 Å². The summed E-state index contributed by atoms with van der Waals surface area (Å²) in [6.45, 7) is 2.00. The van der Waals surface area contributed by atoms with Gasteiger partial charge in [-0.2, -0.15) is 4.98 Å². The predicted octanol–water partition coefficient (Wildman–Crippen LogP) is 1.52. The largest absolute Gasteiger partial charge is 0.334 e. The molecule has 0 aromatic carbocycles. The molecule has 2 heterocycles. The third-order valence-electron chi connectivity index (χ3n) is 3.93. The van der Waals surface area contributed by atoms with Crippen molar-refractivity contribution < 1.29 is 9.32 Å². The number of nitrogens with zero attached hydrogens (tertiary/aromatic N) is 2. The van der Waals surface area contributed by atoms with E-state index >= 15 is 0 Å². The monoisotopic (exact) mass is 338 g/mol. The molecule has 0 saturated heterocycles. The first-order valence-electron chi connectivity index (χ1n) is 7.38. The number of hydrogen-bond acceptors (Lipinski definition) is 6. The standard InChI is InChI=1S/C15H18N4O3.ClH/c1-8(16-2)6-13-18-15(22-19-13)10-7-9-11(17-14(10)21)4-3-5-12(9)20;/h7-8,16H,3-6H2,1-2H3,(H,17,21);1H. The first-order valence-corrected chi connectivity index (χ1v) is 7.38. The Kier molecular flexibility index (Phi) is 5.33. The molecule has 1 atom stereocenters. The Balaban J connectivity index is 0.00000192. The number of halogens is 1. The highest BCUT2D eigenvalue weighted by molar-refractivity contribution is 5.98. The van der Waals surface area contributed by atoms with Crippen LogP contribution in [0.4, 0.5) is 0 Å². The fourth-order valence-corrected chi connectivity index (χ4v) is 2.56. The number of pyridine rings is 1. The molecule has 2 aromatic heterocycles. The minimum Gasteiger partial charge on any atom is -0.334 e. The van der Waals surface area contributed by atoms with Gasteiger partial charge in [0.05, 0.1) is 0 Å². The Morgan fingerprint density at radius 3 is 2.87 bits per heavy atom. The van der Waals surface area contributed by atoms with Crippen molar-refractivity contribution in [2.75, 3.05) is 7.05 Å². The second kappa shape index (κ2) is 7.06. The number of hydrogen-bond donors (Lipinski definition) is 2. The Hall–Kier alpha value is -1.99. The Morgan fingerprint density at radius 1 is 1.35 bits per heavy atom. The number of carbonyl (C=O) groups excluding carboxylic acids is 1. The quantitative estimate of drug-likeness (QED) is 0.876. The third kappa shape index (κ3) is 3.51. The molecule has 8 heteroatoms. The Morgan fingerprint density at radius 2 is 2.13 bits per heavy atom. The van der Waals surface area contributed by atoms with Crippen LogP contribution in [-0.2, 0) is 12.8 Å². The van der Waals surface area contributed by atoms with Crippen molar-refractivity contribution in [3.05, 3.63) is 33.5 Å². The molecule has 0 radical (unpaired) electrons. The average Bonchev–Trinajstić information content (AvgIpc) is 2.95. The van der Waals surface area contributed by atoms with Crippen molar-refractivity contribution in [2.24, 2.45) is 0 Å². The molecule has 2 N–H and O–H groups in total. The highest BCUT2D eigenvalue weighted by Crippen LogP contribution is 2.22. The van der Waals surface area contributed by atoms with E-state index in [2.05, 4.69) is 20.4 Å².